The number of carbonyl (C=O) groups excluding carboxylic acids is 1. The second-order valence-corrected chi connectivity index (χ2v) is 8.32. The van der Waals surface area contributed by atoms with Gasteiger partial charge >= 0.3 is 0 Å². The van der Waals surface area contributed by atoms with Gasteiger partial charge in [0.1, 0.15) is 11.3 Å². The highest BCUT2D eigenvalue weighted by Gasteiger charge is 2.50. The molecule has 2 unspecified atom stereocenters. The fourth-order valence-electron chi connectivity index (χ4n) is 4.30. The van der Waals surface area contributed by atoms with Gasteiger partial charge in [0.25, 0.3) is 0 Å². The van der Waals surface area contributed by atoms with Gasteiger partial charge in [0.2, 0.25) is 0 Å². The Morgan fingerprint density at radius 1 is 1.39 bits per heavy atom. The van der Waals surface area contributed by atoms with E-state index in [0.717, 1.165) is 17.2 Å². The molecule has 2 N–H and O–H groups in total. The largest absolute Gasteiger partial charge is 0.389 e. The number of para-hydroxylation sites is 1. The van der Waals surface area contributed by atoms with Crippen LogP contribution in [0.2, 0.25) is 0 Å². The number of benzene rings is 1. The van der Waals surface area contributed by atoms with Crippen molar-refractivity contribution < 1.29 is 23.8 Å². The van der Waals surface area contributed by atoms with Crippen LogP contribution in [0.5, 0.6) is 0 Å². The maximum atomic E-state index is 14.7. The number of hydrogen-bond donors (Lipinski definition) is 2. The molecule has 8 heteroatoms. The molecule has 31 heavy (non-hydrogen) atoms. The monoisotopic (exact) mass is 425 g/mol. The van der Waals surface area contributed by atoms with Gasteiger partial charge in [-0.3, -0.25) is 15.1 Å². The van der Waals surface area contributed by atoms with Gasteiger partial charge in [-0.15, -0.1) is 0 Å². The summed E-state index contributed by atoms with van der Waals surface area (Å²) in [5, 5.41) is 14.4. The van der Waals surface area contributed by atoms with E-state index in [2.05, 4.69) is 15.3 Å². The maximum Gasteiger partial charge on any atom is 0.186 e. The number of aldehydes is 1. The summed E-state index contributed by atoms with van der Waals surface area (Å²) < 4.78 is 25.8. The lowest BCUT2D eigenvalue weighted by Gasteiger charge is -2.31. The van der Waals surface area contributed by atoms with Gasteiger partial charge in [-0.25, -0.2) is 9.37 Å². The Labute approximate surface area is 179 Å². The number of carbonyl (C=O) groups is 1. The molecule has 3 aliphatic rings. The molecule has 2 fully saturated rings. The standard InChI is InChI=1S/C23H24FN3O4/c24-18-3-1-2-17-15(8-14-4-5-16(11-28)25-10-14)9-21(26-22(17)18)23(13-31-23)27-19-6-7-30-12-20(19)29/h1-3,5,9-11,14,19-20,27,29H,4,6-8,12-13H2/t14?,19-,20-,23?/m0/s1. The molecule has 162 valence electrons. The van der Waals surface area contributed by atoms with Gasteiger partial charge < -0.3 is 14.6 Å². The topological polar surface area (TPSA) is 96.3 Å². The number of ether oxygens (including phenoxy) is 2. The van der Waals surface area contributed by atoms with Crippen LogP contribution in [0.15, 0.2) is 41.0 Å². The van der Waals surface area contributed by atoms with E-state index in [1.54, 1.807) is 12.3 Å². The van der Waals surface area contributed by atoms with E-state index >= 15 is 0 Å². The molecule has 3 aliphatic heterocycles. The molecule has 0 saturated carbocycles. The van der Waals surface area contributed by atoms with Crippen molar-refractivity contribution in [2.45, 2.75) is 37.1 Å². The van der Waals surface area contributed by atoms with Gasteiger partial charge in [0.15, 0.2) is 12.0 Å². The van der Waals surface area contributed by atoms with Crippen molar-refractivity contribution in [1.82, 2.24) is 10.3 Å². The van der Waals surface area contributed by atoms with Crippen LogP contribution in [0, 0.1) is 11.7 Å². The third-order valence-electron chi connectivity index (χ3n) is 6.13. The van der Waals surface area contributed by atoms with Crippen molar-refractivity contribution in [3.05, 3.63) is 53.1 Å². The lowest BCUT2D eigenvalue weighted by Crippen LogP contribution is -2.51. The molecule has 0 bridgehead atoms. The van der Waals surface area contributed by atoms with Crippen molar-refractivity contribution in [1.29, 1.82) is 0 Å². The van der Waals surface area contributed by atoms with E-state index in [1.165, 1.54) is 6.07 Å². The van der Waals surface area contributed by atoms with E-state index in [4.69, 9.17) is 9.47 Å². The van der Waals surface area contributed by atoms with E-state index in [9.17, 15) is 14.3 Å². The molecule has 0 aliphatic carbocycles. The summed E-state index contributed by atoms with van der Waals surface area (Å²) >= 11 is 0. The number of nitrogens with zero attached hydrogens (tertiary/aromatic N) is 2. The van der Waals surface area contributed by atoms with Crippen molar-refractivity contribution in [2.24, 2.45) is 10.9 Å². The van der Waals surface area contributed by atoms with E-state index < -0.39 is 11.8 Å². The lowest BCUT2D eigenvalue weighted by atomic mass is 9.92. The Morgan fingerprint density at radius 2 is 2.26 bits per heavy atom. The van der Waals surface area contributed by atoms with E-state index in [-0.39, 0.29) is 24.4 Å². The minimum absolute atomic E-state index is 0.103. The van der Waals surface area contributed by atoms with Gasteiger partial charge in [0.05, 0.1) is 30.7 Å². The Bertz CT molecular complexity index is 1070. The van der Waals surface area contributed by atoms with E-state index in [1.807, 2.05) is 18.2 Å². The second kappa shape index (κ2) is 8.20. The molecule has 1 aromatic carbocycles. The molecule has 0 spiro atoms. The number of rotatable bonds is 6. The first-order valence-electron chi connectivity index (χ1n) is 10.5. The molecule has 2 saturated heterocycles. The van der Waals surface area contributed by atoms with Crippen LogP contribution in [-0.2, 0) is 26.4 Å². The molecule has 1 aromatic heterocycles. The number of aliphatic imine (C=N–C) groups is 1. The predicted molar refractivity (Wildman–Crippen MR) is 112 cm³/mol. The first-order chi connectivity index (χ1) is 15.1. The number of aromatic nitrogens is 1. The first-order valence-corrected chi connectivity index (χ1v) is 10.5. The highest BCUT2D eigenvalue weighted by molar-refractivity contribution is 5.84. The number of pyridine rings is 1. The third-order valence-corrected chi connectivity index (χ3v) is 6.13. The summed E-state index contributed by atoms with van der Waals surface area (Å²) in [6.45, 7) is 1.24. The minimum Gasteiger partial charge on any atom is -0.389 e. The normalized spacial score (nSPS) is 30.3. The summed E-state index contributed by atoms with van der Waals surface area (Å²) in [7, 11) is 0. The van der Waals surface area contributed by atoms with Crippen molar-refractivity contribution in [3.8, 4) is 0 Å². The number of nitrogens with one attached hydrogen (secondary N) is 1. The minimum atomic E-state index is -0.834. The van der Waals surface area contributed by atoms with Crippen molar-refractivity contribution in [3.63, 3.8) is 0 Å². The maximum absolute atomic E-state index is 14.7. The second-order valence-electron chi connectivity index (χ2n) is 8.32. The van der Waals surface area contributed by atoms with Crippen molar-refractivity contribution in [2.75, 3.05) is 19.8 Å². The average Bonchev–Trinajstić information content (AvgIpc) is 3.57. The number of halogens is 1. The van der Waals surface area contributed by atoms with Crippen molar-refractivity contribution >= 4 is 23.4 Å². The molecule has 2 aromatic rings. The van der Waals surface area contributed by atoms with Gasteiger partial charge in [-0.1, -0.05) is 18.2 Å². The molecule has 4 heterocycles. The fourth-order valence-corrected chi connectivity index (χ4v) is 4.30. The third kappa shape index (κ3) is 4.04. The van der Waals surface area contributed by atoms with Crippen LogP contribution in [0.1, 0.15) is 24.1 Å². The quantitative estimate of drug-likeness (QED) is 0.543. The zero-order valence-electron chi connectivity index (χ0n) is 17.0. The summed E-state index contributed by atoms with van der Waals surface area (Å²) in [5.74, 6) is -0.283. The number of hydrogen-bond acceptors (Lipinski definition) is 7. The molecular formula is C23H24FN3O4. The highest BCUT2D eigenvalue weighted by Crippen LogP contribution is 2.38. The van der Waals surface area contributed by atoms with Gasteiger partial charge in [0, 0.05) is 30.2 Å². The highest BCUT2D eigenvalue weighted by atomic mass is 19.1. The Morgan fingerprint density at radius 3 is 2.97 bits per heavy atom. The number of allylic oxidation sites excluding steroid dienone is 2. The molecular weight excluding hydrogens is 401 g/mol. The number of aliphatic hydroxyl groups excluding tert-OH is 1. The van der Waals surface area contributed by atoms with Gasteiger partial charge in [-0.2, -0.15) is 0 Å². The average molecular weight is 425 g/mol. The van der Waals surface area contributed by atoms with Crippen LogP contribution in [-0.4, -0.2) is 54.6 Å². The molecule has 7 nitrogen and oxygen atoms in total. The predicted octanol–water partition coefficient (Wildman–Crippen LogP) is 2.01. The summed E-state index contributed by atoms with van der Waals surface area (Å²) in [6.07, 6.45) is 5.70. The zero-order chi connectivity index (χ0) is 21.4. The van der Waals surface area contributed by atoms with Crippen LogP contribution in [0.3, 0.4) is 0 Å². The molecule has 0 amide bonds. The van der Waals surface area contributed by atoms with Crippen LogP contribution in [0.4, 0.5) is 4.39 Å². The number of aliphatic hydroxyl groups is 1. The Balaban J connectivity index is 1.48. The number of fused-ring (bicyclic) bond motifs is 1. The lowest BCUT2D eigenvalue weighted by molar-refractivity contribution is -0.104. The first kappa shape index (κ1) is 20.4. The molecule has 0 radical (unpaired) electrons. The Kier molecular flexibility index (Phi) is 5.39. The van der Waals surface area contributed by atoms with Crippen LogP contribution in [0.25, 0.3) is 10.9 Å². The van der Waals surface area contributed by atoms with Gasteiger partial charge in [-0.05, 0) is 37.0 Å². The zero-order valence-corrected chi connectivity index (χ0v) is 17.0. The number of epoxide rings is 1. The summed E-state index contributed by atoms with van der Waals surface area (Å²) in [4.78, 5) is 19.7. The smallest absolute Gasteiger partial charge is 0.186 e. The van der Waals surface area contributed by atoms with Crippen LogP contribution < -0.4 is 5.32 Å². The molecule has 5 rings (SSSR count). The van der Waals surface area contributed by atoms with E-state index in [0.29, 0.717) is 49.4 Å². The Hall–Kier alpha value is -2.52. The SMILES string of the molecule is O=CC1=CCC(Cc2cc(C3(N[C@H]4CCOC[C@@H]4O)CO3)nc3c(F)cccc23)C=N1. The molecule has 4 atom stereocenters. The summed E-state index contributed by atoms with van der Waals surface area (Å²) in [6, 6.07) is 6.73. The van der Waals surface area contributed by atoms with Crippen LogP contribution >= 0.6 is 0 Å². The summed E-state index contributed by atoms with van der Waals surface area (Å²) in [5.41, 5.74) is 1.46. The fraction of sp³-hybridized carbons (Fsp3) is 0.435.